The molecule has 1 aromatic heterocycles. The highest BCUT2D eigenvalue weighted by molar-refractivity contribution is 7.46. The zero-order valence-electron chi connectivity index (χ0n) is 12.2. The number of rotatable bonds is 4. The molecule has 2 heterocycles. The fraction of sp³-hybridized carbons (Fsp3) is 0.462. The molecular formula is C13H17N2O7P. The third-order valence-corrected chi connectivity index (χ3v) is 4.23. The Kier molecular flexibility index (Phi) is 4.28. The lowest BCUT2D eigenvalue weighted by Gasteiger charge is -2.17. The summed E-state index contributed by atoms with van der Waals surface area (Å²) < 4.78 is 22.2. The van der Waals surface area contributed by atoms with Crippen LogP contribution in [-0.4, -0.2) is 54.5 Å². The number of nitrogens with zero attached hydrogens (tertiary/aromatic N) is 2. The maximum absolute atomic E-state index is 10.8. The number of aromatic nitrogens is 2. The number of hydrogen-bond acceptors (Lipinski definition) is 6. The number of hydrogen-bond donors (Lipinski definition) is 4. The first-order valence-electron chi connectivity index (χ1n) is 6.91. The number of benzene rings is 1. The fourth-order valence-corrected chi connectivity index (χ4v) is 2.95. The van der Waals surface area contributed by atoms with E-state index >= 15 is 0 Å². The molecule has 4 atom stereocenters. The molecule has 2 aromatic rings. The SMILES string of the molecule is Cc1ccc2c(c1)ncn2[C@@H]1O[C@@H](COP(=O)(O)O)[C@H](O)[C@H]1O. The molecule has 4 N–H and O–H groups in total. The normalized spacial score (nSPS) is 28.6. The summed E-state index contributed by atoms with van der Waals surface area (Å²) in [6.45, 7) is 1.39. The fourth-order valence-electron chi connectivity index (χ4n) is 2.61. The van der Waals surface area contributed by atoms with Crippen LogP contribution >= 0.6 is 7.82 Å². The lowest BCUT2D eigenvalue weighted by molar-refractivity contribution is -0.0501. The zero-order valence-corrected chi connectivity index (χ0v) is 13.1. The Labute approximate surface area is 131 Å². The first-order valence-corrected chi connectivity index (χ1v) is 8.44. The molecule has 0 saturated carbocycles. The number of fused-ring (bicyclic) bond motifs is 1. The Bertz CT molecular complexity index is 758. The smallest absolute Gasteiger partial charge is 0.387 e. The highest BCUT2D eigenvalue weighted by Crippen LogP contribution is 2.38. The molecule has 1 aliphatic rings. The molecule has 1 aromatic carbocycles. The van der Waals surface area contributed by atoms with Crippen molar-refractivity contribution in [2.45, 2.75) is 31.5 Å². The van der Waals surface area contributed by atoms with E-state index in [0.29, 0.717) is 11.0 Å². The van der Waals surface area contributed by atoms with Crippen LogP contribution in [-0.2, 0) is 13.8 Å². The van der Waals surface area contributed by atoms with Crippen LogP contribution in [0.4, 0.5) is 0 Å². The molecule has 3 rings (SSSR count). The largest absolute Gasteiger partial charge is 0.469 e. The average molecular weight is 344 g/mol. The van der Waals surface area contributed by atoms with E-state index in [0.717, 1.165) is 5.56 Å². The summed E-state index contributed by atoms with van der Waals surface area (Å²) in [7, 11) is -4.68. The van der Waals surface area contributed by atoms with Crippen LogP contribution in [0.3, 0.4) is 0 Å². The van der Waals surface area contributed by atoms with E-state index < -0.39 is 39.0 Å². The monoisotopic (exact) mass is 344 g/mol. The van der Waals surface area contributed by atoms with Crippen molar-refractivity contribution in [3.05, 3.63) is 30.1 Å². The van der Waals surface area contributed by atoms with Gasteiger partial charge >= 0.3 is 7.82 Å². The van der Waals surface area contributed by atoms with Crippen molar-refractivity contribution in [3.63, 3.8) is 0 Å². The molecule has 1 saturated heterocycles. The molecular weight excluding hydrogens is 327 g/mol. The third kappa shape index (κ3) is 3.31. The molecule has 0 amide bonds. The molecule has 0 bridgehead atoms. The number of phosphoric acid groups is 1. The first kappa shape index (κ1) is 16.5. The van der Waals surface area contributed by atoms with Gasteiger partial charge in [0.15, 0.2) is 6.23 Å². The number of ether oxygens (including phenoxy) is 1. The summed E-state index contributed by atoms with van der Waals surface area (Å²) >= 11 is 0. The van der Waals surface area contributed by atoms with Crippen molar-refractivity contribution in [2.24, 2.45) is 0 Å². The van der Waals surface area contributed by atoms with E-state index in [1.807, 2.05) is 25.1 Å². The zero-order chi connectivity index (χ0) is 16.8. The second-order valence-corrected chi connectivity index (χ2v) is 6.72. The van der Waals surface area contributed by atoms with Gasteiger partial charge in [-0.1, -0.05) is 6.07 Å². The molecule has 126 valence electrons. The summed E-state index contributed by atoms with van der Waals surface area (Å²) in [4.78, 5) is 21.7. The van der Waals surface area contributed by atoms with Gasteiger partial charge in [0.05, 0.1) is 24.0 Å². The Morgan fingerprint density at radius 2 is 2.09 bits per heavy atom. The summed E-state index contributed by atoms with van der Waals surface area (Å²) in [6, 6.07) is 5.57. The molecule has 0 unspecified atom stereocenters. The van der Waals surface area contributed by atoms with Gasteiger partial charge in [0, 0.05) is 0 Å². The highest BCUT2D eigenvalue weighted by Gasteiger charge is 2.44. The van der Waals surface area contributed by atoms with Crippen molar-refractivity contribution in [1.29, 1.82) is 0 Å². The van der Waals surface area contributed by atoms with Gasteiger partial charge in [-0.25, -0.2) is 9.55 Å². The first-order chi connectivity index (χ1) is 10.8. The Hall–Kier alpha value is -1.32. The lowest BCUT2D eigenvalue weighted by atomic mass is 10.1. The lowest BCUT2D eigenvalue weighted by Crippen LogP contribution is -2.33. The predicted molar refractivity (Wildman–Crippen MR) is 78.4 cm³/mol. The second-order valence-electron chi connectivity index (χ2n) is 5.48. The standard InChI is InChI=1S/C13H17N2O7P/c1-7-2-3-9-8(4-7)14-6-15(9)13-12(17)11(16)10(22-13)5-21-23(18,19)20/h2-4,6,10-13,16-17H,5H2,1H3,(H2,18,19,20)/t10-,11-,12+,13+/m0/s1. The summed E-state index contributed by atoms with van der Waals surface area (Å²) in [6.07, 6.45) is -3.13. The summed E-state index contributed by atoms with van der Waals surface area (Å²) in [5.74, 6) is 0. The van der Waals surface area contributed by atoms with Gasteiger partial charge in [-0.2, -0.15) is 0 Å². The maximum atomic E-state index is 10.8. The summed E-state index contributed by atoms with van der Waals surface area (Å²) in [5.41, 5.74) is 2.46. The number of aliphatic hydroxyl groups excluding tert-OH is 2. The van der Waals surface area contributed by atoms with Gasteiger partial charge in [-0.05, 0) is 24.6 Å². The number of aliphatic hydroxyl groups is 2. The van der Waals surface area contributed by atoms with Crippen molar-refractivity contribution in [1.82, 2.24) is 9.55 Å². The molecule has 0 radical (unpaired) electrons. The van der Waals surface area contributed by atoms with Crippen molar-refractivity contribution >= 4 is 18.9 Å². The van der Waals surface area contributed by atoms with Gasteiger partial charge in [0.1, 0.15) is 18.3 Å². The summed E-state index contributed by atoms with van der Waals surface area (Å²) in [5, 5.41) is 20.2. The Morgan fingerprint density at radius 1 is 1.35 bits per heavy atom. The molecule has 1 aliphatic heterocycles. The molecule has 23 heavy (non-hydrogen) atoms. The van der Waals surface area contributed by atoms with E-state index in [-0.39, 0.29) is 0 Å². The molecule has 9 nitrogen and oxygen atoms in total. The number of phosphoric ester groups is 1. The van der Waals surface area contributed by atoms with Crippen molar-refractivity contribution in [2.75, 3.05) is 6.61 Å². The second kappa shape index (κ2) is 5.95. The minimum atomic E-state index is -4.68. The van der Waals surface area contributed by atoms with E-state index in [1.54, 1.807) is 4.57 Å². The van der Waals surface area contributed by atoms with Gasteiger partial charge in [0.25, 0.3) is 0 Å². The molecule has 10 heteroatoms. The topological polar surface area (TPSA) is 134 Å². The average Bonchev–Trinajstić information content (AvgIpc) is 2.99. The van der Waals surface area contributed by atoms with Gasteiger partial charge in [-0.3, -0.25) is 4.52 Å². The predicted octanol–water partition coefficient (Wildman–Crippen LogP) is 0.0732. The Balaban J connectivity index is 1.83. The van der Waals surface area contributed by atoms with Gasteiger partial charge in [0.2, 0.25) is 0 Å². The molecule has 0 spiro atoms. The van der Waals surface area contributed by atoms with Crippen LogP contribution in [0.2, 0.25) is 0 Å². The van der Waals surface area contributed by atoms with Gasteiger partial charge < -0.3 is 29.3 Å². The van der Waals surface area contributed by atoms with Crippen LogP contribution < -0.4 is 0 Å². The molecule has 0 aliphatic carbocycles. The van der Waals surface area contributed by atoms with Crippen LogP contribution in [0.5, 0.6) is 0 Å². The van der Waals surface area contributed by atoms with Crippen LogP contribution in [0, 0.1) is 6.92 Å². The number of imidazole rings is 1. The van der Waals surface area contributed by atoms with Gasteiger partial charge in [-0.15, -0.1) is 0 Å². The quantitative estimate of drug-likeness (QED) is 0.573. The minimum absolute atomic E-state index is 0.537. The minimum Gasteiger partial charge on any atom is -0.387 e. The van der Waals surface area contributed by atoms with Crippen molar-refractivity contribution in [3.8, 4) is 0 Å². The number of aryl methyl sites for hydroxylation is 1. The van der Waals surface area contributed by atoms with E-state index in [9.17, 15) is 14.8 Å². The van der Waals surface area contributed by atoms with Crippen LogP contribution in [0.25, 0.3) is 11.0 Å². The highest BCUT2D eigenvalue weighted by atomic mass is 31.2. The van der Waals surface area contributed by atoms with Crippen LogP contribution in [0.1, 0.15) is 11.8 Å². The maximum Gasteiger partial charge on any atom is 0.469 e. The van der Waals surface area contributed by atoms with E-state index in [1.165, 1.54) is 6.33 Å². The van der Waals surface area contributed by atoms with E-state index in [2.05, 4.69) is 9.51 Å². The molecule has 1 fully saturated rings. The Morgan fingerprint density at radius 3 is 2.78 bits per heavy atom. The third-order valence-electron chi connectivity index (χ3n) is 3.75. The van der Waals surface area contributed by atoms with Crippen molar-refractivity contribution < 1.29 is 33.8 Å². The van der Waals surface area contributed by atoms with Crippen LogP contribution in [0.15, 0.2) is 24.5 Å². The van der Waals surface area contributed by atoms with E-state index in [4.69, 9.17) is 14.5 Å².